The number of ether oxygens (including phenoxy) is 1. The van der Waals surface area contributed by atoms with Gasteiger partial charge < -0.3 is 26.0 Å². The predicted molar refractivity (Wildman–Crippen MR) is 165 cm³/mol. The van der Waals surface area contributed by atoms with Crippen molar-refractivity contribution >= 4 is 35.2 Å². The molecule has 222 valence electrons. The number of carbonyl (C=O) groups excluding carboxylic acids is 3. The number of hydrogen-bond acceptors (Lipinski definition) is 5. The van der Waals surface area contributed by atoms with Crippen molar-refractivity contribution in [2.45, 2.75) is 51.2 Å². The zero-order valence-corrected chi connectivity index (χ0v) is 25.1. The average molecular weight is 591 g/mol. The molecule has 0 radical (unpaired) electrons. The van der Waals surface area contributed by atoms with Gasteiger partial charge in [-0.15, -0.1) is 0 Å². The Kier molecular flexibility index (Phi) is 9.91. The lowest BCUT2D eigenvalue weighted by Gasteiger charge is -2.37. The number of alkyl carbamates (subject to hydrolysis) is 1. The van der Waals surface area contributed by atoms with Crippen LogP contribution in [0.2, 0.25) is 5.02 Å². The van der Waals surface area contributed by atoms with Gasteiger partial charge >= 0.3 is 6.09 Å². The molecule has 3 aromatic rings. The van der Waals surface area contributed by atoms with Gasteiger partial charge in [0.2, 0.25) is 11.8 Å². The second-order valence-corrected chi connectivity index (χ2v) is 12.1. The normalized spacial score (nSPS) is 15.7. The highest BCUT2D eigenvalue weighted by atomic mass is 35.5. The van der Waals surface area contributed by atoms with Crippen molar-refractivity contribution in [2.24, 2.45) is 11.7 Å². The van der Waals surface area contributed by atoms with Gasteiger partial charge in [-0.3, -0.25) is 9.59 Å². The largest absolute Gasteiger partial charge is 0.444 e. The predicted octanol–water partition coefficient (Wildman–Crippen LogP) is 5.49. The van der Waals surface area contributed by atoms with E-state index in [1.54, 1.807) is 39.0 Å². The van der Waals surface area contributed by atoms with E-state index in [0.717, 1.165) is 29.7 Å². The second kappa shape index (κ2) is 13.4. The van der Waals surface area contributed by atoms with Crippen LogP contribution in [0.3, 0.4) is 0 Å². The lowest BCUT2D eigenvalue weighted by Crippen LogP contribution is -2.49. The summed E-state index contributed by atoms with van der Waals surface area (Å²) in [5.41, 5.74) is 7.69. The van der Waals surface area contributed by atoms with E-state index in [1.807, 2.05) is 60.7 Å². The molecule has 4 N–H and O–H groups in total. The van der Waals surface area contributed by atoms with Gasteiger partial charge in [-0.1, -0.05) is 78.3 Å². The number of anilines is 1. The summed E-state index contributed by atoms with van der Waals surface area (Å²) < 4.78 is 5.25. The van der Waals surface area contributed by atoms with Gasteiger partial charge in [-0.05, 0) is 68.5 Å². The van der Waals surface area contributed by atoms with Crippen molar-refractivity contribution in [3.8, 4) is 0 Å². The molecule has 0 bridgehead atoms. The molecule has 1 aliphatic heterocycles. The maximum atomic E-state index is 13.3. The number of hydrogen-bond donors (Lipinski definition) is 3. The summed E-state index contributed by atoms with van der Waals surface area (Å²) in [5.74, 6) is -0.574. The molecule has 0 aliphatic carbocycles. The number of nitrogens with one attached hydrogen (secondary N) is 2. The molecule has 0 aromatic heterocycles. The summed E-state index contributed by atoms with van der Waals surface area (Å²) in [7, 11) is 0. The summed E-state index contributed by atoms with van der Waals surface area (Å²) >= 11 is 6.43. The van der Waals surface area contributed by atoms with Crippen LogP contribution in [0.15, 0.2) is 78.9 Å². The highest BCUT2D eigenvalue weighted by Gasteiger charge is 2.49. The zero-order valence-electron chi connectivity index (χ0n) is 24.4. The van der Waals surface area contributed by atoms with Gasteiger partial charge in [0.25, 0.3) is 0 Å². The fourth-order valence-electron chi connectivity index (χ4n) is 5.65. The van der Waals surface area contributed by atoms with Crippen LogP contribution >= 0.6 is 11.6 Å². The summed E-state index contributed by atoms with van der Waals surface area (Å²) in [6.07, 6.45) is 0.533. The van der Waals surface area contributed by atoms with Gasteiger partial charge in [0.05, 0.1) is 10.7 Å². The van der Waals surface area contributed by atoms with E-state index in [-0.39, 0.29) is 30.7 Å². The van der Waals surface area contributed by atoms with Crippen LogP contribution in [-0.2, 0) is 26.3 Å². The Morgan fingerprint density at radius 3 is 2.14 bits per heavy atom. The minimum absolute atomic E-state index is 0.0425. The minimum Gasteiger partial charge on any atom is -0.444 e. The van der Waals surface area contributed by atoms with Crippen LogP contribution in [0.1, 0.15) is 50.3 Å². The zero-order chi connectivity index (χ0) is 30.3. The second-order valence-electron chi connectivity index (χ2n) is 11.7. The average Bonchev–Trinajstić information content (AvgIpc) is 3.42. The molecule has 1 atom stereocenters. The Morgan fingerprint density at radius 2 is 1.60 bits per heavy atom. The van der Waals surface area contributed by atoms with Crippen molar-refractivity contribution in [3.63, 3.8) is 0 Å². The van der Waals surface area contributed by atoms with Gasteiger partial charge in [0, 0.05) is 26.1 Å². The van der Waals surface area contributed by atoms with Gasteiger partial charge in [0.1, 0.15) is 11.0 Å². The molecule has 0 saturated carbocycles. The third-order valence-electron chi connectivity index (χ3n) is 7.53. The van der Waals surface area contributed by atoms with E-state index in [1.165, 1.54) is 0 Å². The van der Waals surface area contributed by atoms with Crippen LogP contribution in [0, 0.1) is 5.92 Å². The molecule has 1 aliphatic rings. The van der Waals surface area contributed by atoms with Crippen LogP contribution in [0.4, 0.5) is 10.5 Å². The summed E-state index contributed by atoms with van der Waals surface area (Å²) in [5, 5.41) is 5.96. The van der Waals surface area contributed by atoms with E-state index < -0.39 is 17.1 Å². The Labute approximate surface area is 252 Å². The Balaban J connectivity index is 1.36. The maximum absolute atomic E-state index is 13.3. The first-order chi connectivity index (χ1) is 20.0. The van der Waals surface area contributed by atoms with Crippen molar-refractivity contribution in [3.05, 3.63) is 101 Å². The quantitative estimate of drug-likeness (QED) is 0.289. The van der Waals surface area contributed by atoms with Crippen molar-refractivity contribution < 1.29 is 19.1 Å². The molecule has 3 aromatic carbocycles. The highest BCUT2D eigenvalue weighted by molar-refractivity contribution is 6.33. The first-order valence-corrected chi connectivity index (χ1v) is 14.6. The smallest absolute Gasteiger partial charge is 0.407 e. The number of likely N-dealkylation sites (tertiary alicyclic amines) is 1. The lowest BCUT2D eigenvalue weighted by molar-refractivity contribution is -0.124. The Hall–Kier alpha value is -3.88. The Morgan fingerprint density at radius 1 is 0.976 bits per heavy atom. The van der Waals surface area contributed by atoms with E-state index in [9.17, 15) is 14.4 Å². The first kappa shape index (κ1) is 31.1. The first-order valence-electron chi connectivity index (χ1n) is 14.2. The minimum atomic E-state index is -0.965. The molecular formula is C33H39ClN4O4. The van der Waals surface area contributed by atoms with E-state index in [0.29, 0.717) is 23.8 Å². The molecule has 42 heavy (non-hydrogen) atoms. The summed E-state index contributed by atoms with van der Waals surface area (Å²) in [4.78, 5) is 40.2. The Bertz CT molecular complexity index is 1350. The number of nitrogens with two attached hydrogens (primary N) is 1. The number of nitrogens with zero attached hydrogens (tertiary/aromatic N) is 1. The number of halogens is 1. The standard InChI is InChI=1S/C33H39ClN4O4/c1-32(2,3)42-31(41)36-21-23-14-15-28(27(34)20-23)37-29(39)17-19-38-18-16-26(22-38)33(30(35)40,24-10-6-4-7-11-24)25-12-8-5-9-13-25/h4-15,20,26H,16-19,21-22H2,1-3H3,(H2,35,40)(H,36,41)(H,37,39)/t26-/m1/s1. The fraction of sp³-hybridized carbons (Fsp3) is 0.364. The lowest BCUT2D eigenvalue weighted by atomic mass is 9.64. The molecule has 1 saturated heterocycles. The molecule has 0 spiro atoms. The fourth-order valence-corrected chi connectivity index (χ4v) is 5.90. The molecule has 9 heteroatoms. The third kappa shape index (κ3) is 7.49. The molecule has 3 amide bonds. The van der Waals surface area contributed by atoms with E-state index in [2.05, 4.69) is 15.5 Å². The SMILES string of the molecule is CC(C)(C)OC(=O)NCc1ccc(NC(=O)CCN2CC[C@@H](C(C(N)=O)(c3ccccc3)c3ccccc3)C2)c(Cl)c1. The molecule has 1 heterocycles. The summed E-state index contributed by atoms with van der Waals surface area (Å²) in [6.45, 7) is 7.58. The topological polar surface area (TPSA) is 114 Å². The number of rotatable bonds is 10. The van der Waals surface area contributed by atoms with Crippen molar-refractivity contribution in [2.75, 3.05) is 25.0 Å². The van der Waals surface area contributed by atoms with E-state index in [4.69, 9.17) is 22.1 Å². The number of amides is 3. The molecule has 1 fully saturated rings. The molecule has 0 unspecified atom stereocenters. The van der Waals surface area contributed by atoms with Crippen LogP contribution in [0.5, 0.6) is 0 Å². The van der Waals surface area contributed by atoms with E-state index >= 15 is 0 Å². The number of benzene rings is 3. The van der Waals surface area contributed by atoms with Crippen LogP contribution in [-0.4, -0.2) is 48.0 Å². The highest BCUT2D eigenvalue weighted by Crippen LogP contribution is 2.43. The molecule has 8 nitrogen and oxygen atoms in total. The number of carbonyl (C=O) groups is 3. The van der Waals surface area contributed by atoms with Gasteiger partial charge in [-0.25, -0.2) is 4.79 Å². The van der Waals surface area contributed by atoms with Crippen molar-refractivity contribution in [1.82, 2.24) is 10.2 Å². The van der Waals surface area contributed by atoms with Gasteiger partial charge in [-0.2, -0.15) is 0 Å². The monoisotopic (exact) mass is 590 g/mol. The third-order valence-corrected chi connectivity index (χ3v) is 7.84. The van der Waals surface area contributed by atoms with Crippen LogP contribution < -0.4 is 16.4 Å². The van der Waals surface area contributed by atoms with Crippen molar-refractivity contribution in [1.29, 1.82) is 0 Å². The molecular weight excluding hydrogens is 552 g/mol. The summed E-state index contributed by atoms with van der Waals surface area (Å²) in [6, 6.07) is 24.7. The maximum Gasteiger partial charge on any atom is 0.407 e. The number of primary amides is 1. The van der Waals surface area contributed by atoms with Gasteiger partial charge in [0.15, 0.2) is 0 Å². The van der Waals surface area contributed by atoms with Crippen LogP contribution in [0.25, 0.3) is 0 Å². The molecule has 4 rings (SSSR count).